The summed E-state index contributed by atoms with van der Waals surface area (Å²) in [5.74, 6) is 0.0324. The van der Waals surface area contributed by atoms with Gasteiger partial charge in [-0.25, -0.2) is 8.42 Å². The summed E-state index contributed by atoms with van der Waals surface area (Å²) in [6.07, 6.45) is 3.10. The van der Waals surface area contributed by atoms with Crippen molar-refractivity contribution < 1.29 is 13.2 Å². The number of carbonyl (C=O) groups is 1. The van der Waals surface area contributed by atoms with E-state index >= 15 is 0 Å². The van der Waals surface area contributed by atoms with Crippen molar-refractivity contribution in [2.75, 3.05) is 18.4 Å². The zero-order valence-electron chi connectivity index (χ0n) is 21.5. The lowest BCUT2D eigenvalue weighted by Gasteiger charge is -2.38. The van der Waals surface area contributed by atoms with E-state index in [2.05, 4.69) is 17.6 Å². The van der Waals surface area contributed by atoms with E-state index in [1.54, 1.807) is 16.4 Å². The number of aryl methyl sites for hydroxylation is 1. The van der Waals surface area contributed by atoms with Gasteiger partial charge >= 0.3 is 0 Å². The van der Waals surface area contributed by atoms with Crippen LogP contribution < -0.4 is 10.6 Å². The van der Waals surface area contributed by atoms with Crippen molar-refractivity contribution in [3.63, 3.8) is 0 Å². The van der Waals surface area contributed by atoms with Gasteiger partial charge in [0.05, 0.1) is 4.90 Å². The summed E-state index contributed by atoms with van der Waals surface area (Å²) < 4.78 is 30.4. The summed E-state index contributed by atoms with van der Waals surface area (Å²) in [5, 5.41) is 6.46. The Kier molecular flexibility index (Phi) is 7.47. The Balaban J connectivity index is 1.51. The molecule has 1 fully saturated rings. The van der Waals surface area contributed by atoms with Crippen LogP contribution in [0.3, 0.4) is 0 Å². The van der Waals surface area contributed by atoms with E-state index < -0.39 is 10.0 Å². The van der Waals surface area contributed by atoms with Crippen LogP contribution >= 0.6 is 0 Å². The van der Waals surface area contributed by atoms with Gasteiger partial charge in [0, 0.05) is 23.8 Å². The molecule has 3 aromatic carbocycles. The maximum absolute atomic E-state index is 14.4. The summed E-state index contributed by atoms with van der Waals surface area (Å²) in [6.45, 7) is 5.99. The second kappa shape index (κ2) is 10.8. The lowest BCUT2D eigenvalue weighted by molar-refractivity contribution is 0.102. The van der Waals surface area contributed by atoms with Crippen LogP contribution in [0, 0.1) is 12.8 Å². The fraction of sp³-hybridized carbons (Fsp3) is 0.367. The number of nitrogens with zero attached hydrogens (tertiary/aromatic N) is 1. The molecule has 1 heterocycles. The van der Waals surface area contributed by atoms with E-state index in [4.69, 9.17) is 0 Å². The number of rotatable bonds is 7. The standard InChI is InChI=1S/C30H35N3O3S/c1-21-9-6-7-12-24(21)30(34)32-27-15-16-29(26-14-8-13-25(26)27)37(35,36)33(20-23-10-4-3-5-11-23)28-17-18-31-19-22(28)2/h3-7,9-12,15-16,22,28,31H,8,13-14,17-20H2,1-2H3,(H,32,34)/t22?,28-/m0/s1. The predicted octanol–water partition coefficient (Wildman–Crippen LogP) is 4.92. The molecule has 7 heteroatoms. The highest BCUT2D eigenvalue weighted by atomic mass is 32.2. The van der Waals surface area contributed by atoms with Crippen molar-refractivity contribution >= 4 is 21.6 Å². The average molecular weight is 518 g/mol. The highest BCUT2D eigenvalue weighted by Gasteiger charge is 2.38. The van der Waals surface area contributed by atoms with E-state index in [0.29, 0.717) is 29.1 Å². The van der Waals surface area contributed by atoms with Gasteiger partial charge in [-0.2, -0.15) is 4.31 Å². The van der Waals surface area contributed by atoms with E-state index in [1.165, 1.54) is 0 Å². The van der Waals surface area contributed by atoms with Gasteiger partial charge in [0.1, 0.15) is 0 Å². The maximum atomic E-state index is 14.4. The molecule has 0 bridgehead atoms. The number of sulfonamides is 1. The zero-order chi connectivity index (χ0) is 26.0. The number of benzene rings is 3. The zero-order valence-corrected chi connectivity index (χ0v) is 22.4. The SMILES string of the molecule is Cc1ccccc1C(=O)Nc1ccc(S(=O)(=O)N(Cc2ccccc2)[C@H]2CCNCC2C)c2c1CCC2. The van der Waals surface area contributed by atoms with E-state index in [0.717, 1.165) is 54.6 Å². The highest BCUT2D eigenvalue weighted by Crippen LogP contribution is 2.37. The Hall–Kier alpha value is -3.00. The van der Waals surface area contributed by atoms with Crippen molar-refractivity contribution in [1.82, 2.24) is 9.62 Å². The molecule has 0 aromatic heterocycles. The number of piperidine rings is 1. The van der Waals surface area contributed by atoms with Crippen LogP contribution in [0.25, 0.3) is 0 Å². The Labute approximate surface area is 220 Å². The first kappa shape index (κ1) is 25.6. The molecule has 0 saturated carbocycles. The number of fused-ring (bicyclic) bond motifs is 1. The van der Waals surface area contributed by atoms with Gasteiger partial charge in [0.25, 0.3) is 5.91 Å². The lowest BCUT2D eigenvalue weighted by atomic mass is 9.95. The first-order valence-electron chi connectivity index (χ1n) is 13.1. The van der Waals surface area contributed by atoms with E-state index in [-0.39, 0.29) is 17.9 Å². The molecule has 2 aliphatic rings. The third kappa shape index (κ3) is 5.21. The van der Waals surface area contributed by atoms with Crippen molar-refractivity contribution in [1.29, 1.82) is 0 Å². The van der Waals surface area contributed by atoms with Crippen LogP contribution in [0.2, 0.25) is 0 Å². The minimum Gasteiger partial charge on any atom is -0.322 e. The third-order valence-corrected chi connectivity index (χ3v) is 9.71. The molecule has 1 aliphatic carbocycles. The molecule has 1 unspecified atom stereocenters. The number of amides is 1. The van der Waals surface area contributed by atoms with Crippen molar-refractivity contribution in [2.24, 2.45) is 5.92 Å². The molecule has 1 saturated heterocycles. The minimum absolute atomic E-state index is 0.0797. The van der Waals surface area contributed by atoms with Gasteiger partial charge in [0.15, 0.2) is 0 Å². The summed E-state index contributed by atoms with van der Waals surface area (Å²) >= 11 is 0. The third-order valence-electron chi connectivity index (χ3n) is 7.76. The number of hydrogen-bond donors (Lipinski definition) is 2. The topological polar surface area (TPSA) is 78.5 Å². The number of carbonyl (C=O) groups excluding carboxylic acids is 1. The van der Waals surface area contributed by atoms with Crippen LogP contribution in [0.15, 0.2) is 71.6 Å². The normalized spacial score (nSPS) is 19.5. The fourth-order valence-electron chi connectivity index (χ4n) is 5.75. The Bertz CT molecular complexity index is 1390. The van der Waals surface area contributed by atoms with E-state index in [9.17, 15) is 13.2 Å². The van der Waals surface area contributed by atoms with Crippen LogP contribution in [-0.4, -0.2) is 37.8 Å². The average Bonchev–Trinajstić information content (AvgIpc) is 3.39. The quantitative estimate of drug-likeness (QED) is 0.466. The van der Waals surface area contributed by atoms with Crippen LogP contribution in [0.5, 0.6) is 0 Å². The Morgan fingerprint density at radius 3 is 2.49 bits per heavy atom. The lowest BCUT2D eigenvalue weighted by Crippen LogP contribution is -2.50. The van der Waals surface area contributed by atoms with Gasteiger partial charge < -0.3 is 10.6 Å². The largest absolute Gasteiger partial charge is 0.322 e. The van der Waals surface area contributed by atoms with Gasteiger partial charge in [-0.3, -0.25) is 4.79 Å². The minimum atomic E-state index is -3.77. The van der Waals surface area contributed by atoms with Gasteiger partial charge in [-0.05, 0) is 92.1 Å². The van der Waals surface area contributed by atoms with Crippen LogP contribution in [0.4, 0.5) is 5.69 Å². The molecule has 3 aromatic rings. The van der Waals surface area contributed by atoms with Crippen LogP contribution in [-0.2, 0) is 29.4 Å². The summed E-state index contributed by atoms with van der Waals surface area (Å²) in [5.41, 5.74) is 5.02. The second-order valence-corrected chi connectivity index (χ2v) is 12.1. The first-order valence-corrected chi connectivity index (χ1v) is 14.6. The molecule has 194 valence electrons. The summed E-state index contributed by atoms with van der Waals surface area (Å²) in [4.78, 5) is 13.4. The van der Waals surface area contributed by atoms with Gasteiger partial charge in [0.2, 0.25) is 10.0 Å². The Morgan fingerprint density at radius 2 is 1.73 bits per heavy atom. The molecular formula is C30H35N3O3S. The van der Waals surface area contributed by atoms with Gasteiger partial charge in [-0.15, -0.1) is 0 Å². The van der Waals surface area contributed by atoms with Crippen molar-refractivity contribution in [3.05, 3.63) is 94.5 Å². The number of nitrogens with one attached hydrogen (secondary N) is 2. The van der Waals surface area contributed by atoms with Gasteiger partial charge in [-0.1, -0.05) is 55.5 Å². The van der Waals surface area contributed by atoms with Crippen molar-refractivity contribution in [3.8, 4) is 0 Å². The molecule has 1 amide bonds. The number of hydrogen-bond acceptors (Lipinski definition) is 4. The smallest absolute Gasteiger partial charge is 0.255 e. The van der Waals surface area contributed by atoms with E-state index in [1.807, 2.05) is 61.5 Å². The molecular weight excluding hydrogens is 482 g/mol. The molecule has 2 N–H and O–H groups in total. The molecule has 0 spiro atoms. The molecule has 2 atom stereocenters. The fourth-order valence-corrected chi connectivity index (χ4v) is 7.77. The molecule has 0 radical (unpaired) electrons. The maximum Gasteiger partial charge on any atom is 0.255 e. The monoisotopic (exact) mass is 517 g/mol. The number of anilines is 1. The Morgan fingerprint density at radius 1 is 1.00 bits per heavy atom. The first-order chi connectivity index (χ1) is 17.9. The molecule has 37 heavy (non-hydrogen) atoms. The molecule has 6 nitrogen and oxygen atoms in total. The summed E-state index contributed by atoms with van der Waals surface area (Å²) in [7, 11) is -3.77. The predicted molar refractivity (Wildman–Crippen MR) is 147 cm³/mol. The van der Waals surface area contributed by atoms with Crippen molar-refractivity contribution in [2.45, 2.75) is 57.0 Å². The molecule has 1 aliphatic heterocycles. The summed E-state index contributed by atoms with van der Waals surface area (Å²) in [6, 6.07) is 20.7. The van der Waals surface area contributed by atoms with Crippen LogP contribution in [0.1, 0.15) is 52.4 Å². The molecule has 5 rings (SSSR count). The second-order valence-electron chi connectivity index (χ2n) is 10.3. The highest BCUT2D eigenvalue weighted by molar-refractivity contribution is 7.89.